The summed E-state index contributed by atoms with van der Waals surface area (Å²) >= 11 is 0. The van der Waals surface area contributed by atoms with E-state index in [1.807, 2.05) is 24.3 Å². The fourth-order valence-electron chi connectivity index (χ4n) is 2.58. The Morgan fingerprint density at radius 2 is 1.66 bits per heavy atom. The molecule has 0 radical (unpaired) electrons. The highest BCUT2D eigenvalue weighted by Gasteiger charge is 2.11. The third-order valence-electron chi connectivity index (χ3n) is 4.16. The van der Waals surface area contributed by atoms with Gasteiger partial charge in [0.1, 0.15) is 22.9 Å². The van der Waals surface area contributed by atoms with Gasteiger partial charge in [-0.25, -0.2) is 9.97 Å². The van der Waals surface area contributed by atoms with Crippen LogP contribution in [0.3, 0.4) is 0 Å². The molecule has 2 N–H and O–H groups in total. The topological polar surface area (TPSA) is 94.6 Å². The average Bonchev–Trinajstić information content (AvgIpc) is 2.78. The lowest BCUT2D eigenvalue weighted by Crippen LogP contribution is -2.24. The van der Waals surface area contributed by atoms with E-state index in [4.69, 9.17) is 14.2 Å². The number of nitrogens with zero attached hydrogens (tertiary/aromatic N) is 2. The van der Waals surface area contributed by atoms with Crippen LogP contribution < -0.4 is 24.8 Å². The number of ether oxygens (including phenoxy) is 3. The molecule has 3 aromatic rings. The molecule has 0 spiro atoms. The summed E-state index contributed by atoms with van der Waals surface area (Å²) < 4.78 is 15.7. The maximum absolute atomic E-state index is 12.5. The molecule has 8 heteroatoms. The van der Waals surface area contributed by atoms with Gasteiger partial charge < -0.3 is 24.8 Å². The monoisotopic (exact) mass is 394 g/mol. The normalized spacial score (nSPS) is 10.2. The molecule has 0 aliphatic rings. The minimum Gasteiger partial charge on any atom is -0.497 e. The van der Waals surface area contributed by atoms with Crippen LogP contribution in [-0.2, 0) is 6.54 Å². The van der Waals surface area contributed by atoms with E-state index in [-0.39, 0.29) is 17.5 Å². The summed E-state index contributed by atoms with van der Waals surface area (Å²) in [6.07, 6.45) is 1.52. The summed E-state index contributed by atoms with van der Waals surface area (Å²) in [5.74, 6) is 1.99. The van der Waals surface area contributed by atoms with E-state index in [0.717, 1.165) is 11.3 Å². The van der Waals surface area contributed by atoms with Gasteiger partial charge in [0.15, 0.2) is 0 Å². The SMILES string of the molecule is COc1ccc(CNC(=O)c2ccnc(Nc3ccc(OC)cc3OC)n2)cc1. The molecule has 1 amide bonds. The summed E-state index contributed by atoms with van der Waals surface area (Å²) in [6.45, 7) is 0.377. The van der Waals surface area contributed by atoms with Gasteiger partial charge in [-0.1, -0.05) is 12.1 Å². The molecule has 0 saturated heterocycles. The van der Waals surface area contributed by atoms with E-state index in [2.05, 4.69) is 20.6 Å². The zero-order chi connectivity index (χ0) is 20.6. The minimum absolute atomic E-state index is 0.253. The van der Waals surface area contributed by atoms with Crippen LogP contribution in [0.5, 0.6) is 17.2 Å². The van der Waals surface area contributed by atoms with Gasteiger partial charge in [-0.2, -0.15) is 0 Å². The first kappa shape index (κ1) is 19.9. The van der Waals surface area contributed by atoms with Gasteiger partial charge in [0.05, 0.1) is 27.0 Å². The first-order chi connectivity index (χ1) is 14.1. The lowest BCUT2D eigenvalue weighted by molar-refractivity contribution is 0.0946. The number of anilines is 2. The number of benzene rings is 2. The van der Waals surface area contributed by atoms with Crippen LogP contribution in [0.4, 0.5) is 11.6 Å². The Morgan fingerprint density at radius 3 is 2.34 bits per heavy atom. The van der Waals surface area contributed by atoms with Crippen molar-refractivity contribution in [2.24, 2.45) is 0 Å². The zero-order valence-corrected chi connectivity index (χ0v) is 16.4. The Balaban J connectivity index is 1.67. The van der Waals surface area contributed by atoms with E-state index >= 15 is 0 Å². The van der Waals surface area contributed by atoms with Gasteiger partial charge in [-0.3, -0.25) is 4.79 Å². The van der Waals surface area contributed by atoms with Crippen molar-refractivity contribution >= 4 is 17.5 Å². The maximum Gasteiger partial charge on any atom is 0.270 e. The van der Waals surface area contributed by atoms with Crippen molar-refractivity contribution in [3.05, 3.63) is 66.0 Å². The van der Waals surface area contributed by atoms with Gasteiger partial charge in [0.2, 0.25) is 5.95 Å². The number of rotatable bonds is 8. The summed E-state index contributed by atoms with van der Waals surface area (Å²) in [4.78, 5) is 20.9. The third-order valence-corrected chi connectivity index (χ3v) is 4.16. The largest absolute Gasteiger partial charge is 0.497 e. The molecule has 0 saturated carbocycles. The number of nitrogens with one attached hydrogen (secondary N) is 2. The number of aromatic nitrogens is 2. The molecular weight excluding hydrogens is 372 g/mol. The number of carbonyl (C=O) groups excluding carboxylic acids is 1. The number of amides is 1. The molecule has 150 valence electrons. The summed E-state index contributed by atoms with van der Waals surface area (Å²) in [7, 11) is 4.75. The standard InChI is InChI=1S/C21H22N4O4/c1-27-15-6-4-14(5-7-15)13-23-20(26)18-10-11-22-21(25-18)24-17-9-8-16(28-2)12-19(17)29-3/h4-12H,13H2,1-3H3,(H,23,26)(H,22,24,25). The summed E-state index contributed by atoms with van der Waals surface area (Å²) in [5, 5.41) is 5.90. The number of carbonyl (C=O) groups is 1. The second-order valence-corrected chi connectivity index (χ2v) is 5.99. The molecule has 0 bridgehead atoms. The van der Waals surface area contributed by atoms with Crippen LogP contribution in [0, 0.1) is 0 Å². The highest BCUT2D eigenvalue weighted by molar-refractivity contribution is 5.92. The summed E-state index contributed by atoms with van der Waals surface area (Å²) in [5.41, 5.74) is 1.86. The van der Waals surface area contributed by atoms with Gasteiger partial charge in [-0.05, 0) is 35.9 Å². The molecule has 0 fully saturated rings. The molecule has 8 nitrogen and oxygen atoms in total. The fraction of sp³-hybridized carbons (Fsp3) is 0.190. The smallest absolute Gasteiger partial charge is 0.270 e. The van der Waals surface area contributed by atoms with E-state index in [1.54, 1.807) is 45.6 Å². The maximum atomic E-state index is 12.5. The Bertz CT molecular complexity index is 977. The second kappa shape index (κ2) is 9.41. The second-order valence-electron chi connectivity index (χ2n) is 5.99. The predicted molar refractivity (Wildman–Crippen MR) is 109 cm³/mol. The Labute approximate surface area is 168 Å². The van der Waals surface area contributed by atoms with E-state index < -0.39 is 0 Å². The van der Waals surface area contributed by atoms with Crippen LogP contribution in [0.15, 0.2) is 54.7 Å². The van der Waals surface area contributed by atoms with Gasteiger partial charge in [0, 0.05) is 18.8 Å². The molecule has 1 heterocycles. The van der Waals surface area contributed by atoms with Crippen LogP contribution in [0.25, 0.3) is 0 Å². The van der Waals surface area contributed by atoms with Gasteiger partial charge in [-0.15, -0.1) is 0 Å². The van der Waals surface area contributed by atoms with Crippen molar-refractivity contribution in [3.8, 4) is 17.2 Å². The molecule has 3 rings (SSSR count). The molecule has 29 heavy (non-hydrogen) atoms. The van der Waals surface area contributed by atoms with Crippen molar-refractivity contribution in [3.63, 3.8) is 0 Å². The molecular formula is C21H22N4O4. The van der Waals surface area contributed by atoms with Gasteiger partial charge >= 0.3 is 0 Å². The molecule has 1 aromatic heterocycles. The highest BCUT2D eigenvalue weighted by atomic mass is 16.5. The van der Waals surface area contributed by atoms with Crippen molar-refractivity contribution < 1.29 is 19.0 Å². The lowest BCUT2D eigenvalue weighted by Gasteiger charge is -2.12. The molecule has 0 aliphatic heterocycles. The first-order valence-corrected chi connectivity index (χ1v) is 8.86. The highest BCUT2D eigenvalue weighted by Crippen LogP contribution is 2.30. The minimum atomic E-state index is -0.298. The molecule has 0 aliphatic carbocycles. The Morgan fingerprint density at radius 1 is 0.931 bits per heavy atom. The van der Waals surface area contributed by atoms with Crippen molar-refractivity contribution in [2.45, 2.75) is 6.54 Å². The van der Waals surface area contributed by atoms with E-state index in [9.17, 15) is 4.79 Å². The van der Waals surface area contributed by atoms with Crippen LogP contribution in [0.2, 0.25) is 0 Å². The lowest BCUT2D eigenvalue weighted by atomic mass is 10.2. The third kappa shape index (κ3) is 5.13. The number of methoxy groups -OCH3 is 3. The fourth-order valence-corrected chi connectivity index (χ4v) is 2.58. The average molecular weight is 394 g/mol. The van der Waals surface area contributed by atoms with E-state index in [0.29, 0.717) is 23.7 Å². The summed E-state index contributed by atoms with van der Waals surface area (Å²) in [6, 6.07) is 14.3. The van der Waals surface area contributed by atoms with Crippen molar-refractivity contribution in [1.82, 2.24) is 15.3 Å². The number of hydrogen-bond acceptors (Lipinski definition) is 7. The van der Waals surface area contributed by atoms with Crippen molar-refractivity contribution in [2.75, 3.05) is 26.6 Å². The van der Waals surface area contributed by atoms with Crippen LogP contribution in [0.1, 0.15) is 16.1 Å². The predicted octanol–water partition coefficient (Wildman–Crippen LogP) is 3.18. The molecule has 0 unspecified atom stereocenters. The van der Waals surface area contributed by atoms with Crippen LogP contribution in [-0.4, -0.2) is 37.2 Å². The number of hydrogen-bond donors (Lipinski definition) is 2. The quantitative estimate of drug-likeness (QED) is 0.606. The van der Waals surface area contributed by atoms with E-state index in [1.165, 1.54) is 6.20 Å². The molecule has 0 atom stereocenters. The Hall–Kier alpha value is -3.81. The molecule has 2 aromatic carbocycles. The first-order valence-electron chi connectivity index (χ1n) is 8.86. The van der Waals surface area contributed by atoms with Crippen LogP contribution >= 0.6 is 0 Å². The van der Waals surface area contributed by atoms with Gasteiger partial charge in [0.25, 0.3) is 5.91 Å². The Kier molecular flexibility index (Phi) is 6.47. The zero-order valence-electron chi connectivity index (χ0n) is 16.4. The van der Waals surface area contributed by atoms with Crippen molar-refractivity contribution in [1.29, 1.82) is 0 Å².